The van der Waals surface area contributed by atoms with Crippen LogP contribution < -0.4 is 34.7 Å². The van der Waals surface area contributed by atoms with Crippen molar-refractivity contribution in [3.63, 3.8) is 0 Å². The van der Waals surface area contributed by atoms with Gasteiger partial charge in [0.2, 0.25) is 0 Å². The number of benzene rings is 1. The van der Waals surface area contributed by atoms with E-state index in [2.05, 4.69) is 0 Å². The van der Waals surface area contributed by atoms with Crippen LogP contribution in [0, 0.1) is 5.82 Å². The van der Waals surface area contributed by atoms with E-state index in [0.29, 0.717) is 6.42 Å². The predicted molar refractivity (Wildman–Crippen MR) is 39.7 cm³/mol. The van der Waals surface area contributed by atoms with E-state index < -0.39 is 5.97 Å². The number of aryl methyl sites for hydroxylation is 1. The first kappa shape index (κ1) is 12.6. The monoisotopic (exact) mass is 190 g/mol. The summed E-state index contributed by atoms with van der Waals surface area (Å²) in [5, 5.41) is 10.1. The zero-order valence-electron chi connectivity index (χ0n) is 7.42. The van der Waals surface area contributed by atoms with Crippen molar-refractivity contribution in [2.24, 2.45) is 0 Å². The maximum atomic E-state index is 12.4. The van der Waals surface area contributed by atoms with Crippen molar-refractivity contribution in [1.82, 2.24) is 0 Å². The summed E-state index contributed by atoms with van der Waals surface area (Å²) in [6.45, 7) is 0. The fourth-order valence-electron chi connectivity index (χ4n) is 0.897. The van der Waals surface area contributed by atoms with Crippen molar-refractivity contribution in [1.29, 1.82) is 0 Å². The summed E-state index contributed by atoms with van der Waals surface area (Å²) in [7, 11) is 0. The van der Waals surface area contributed by atoms with E-state index in [1.165, 1.54) is 12.1 Å². The van der Waals surface area contributed by atoms with Gasteiger partial charge in [0.15, 0.2) is 0 Å². The third kappa shape index (κ3) is 5.03. The van der Waals surface area contributed by atoms with E-state index in [4.69, 9.17) is 0 Å². The first-order valence-electron chi connectivity index (χ1n) is 3.63. The summed E-state index contributed by atoms with van der Waals surface area (Å²) in [6.07, 6.45) is 0.369. The van der Waals surface area contributed by atoms with Crippen LogP contribution in [-0.2, 0) is 11.2 Å². The molecule has 0 fully saturated rings. The Morgan fingerprint density at radius 1 is 1.31 bits per heavy atom. The van der Waals surface area contributed by atoms with Crippen molar-refractivity contribution >= 4 is 5.97 Å². The van der Waals surface area contributed by atoms with E-state index in [0.717, 1.165) is 5.56 Å². The molecule has 1 aromatic rings. The Bertz CT molecular complexity index is 271. The average molecular weight is 190 g/mol. The van der Waals surface area contributed by atoms with E-state index in [1.54, 1.807) is 12.1 Å². The first-order valence-corrected chi connectivity index (χ1v) is 3.63. The van der Waals surface area contributed by atoms with Gasteiger partial charge in [-0.2, -0.15) is 0 Å². The molecule has 2 nitrogen and oxygen atoms in total. The third-order valence-corrected chi connectivity index (χ3v) is 1.53. The predicted octanol–water partition coefficient (Wildman–Crippen LogP) is -2.49. The maximum Gasteiger partial charge on any atom is 1.00 e. The SMILES string of the molecule is O=C([O-])CCc1ccc(F)cc1.[Na+]. The van der Waals surface area contributed by atoms with Gasteiger partial charge < -0.3 is 9.90 Å². The number of carboxylic acids is 1. The summed E-state index contributed by atoms with van der Waals surface area (Å²) in [5.41, 5.74) is 0.806. The van der Waals surface area contributed by atoms with Gasteiger partial charge in [-0.1, -0.05) is 12.1 Å². The van der Waals surface area contributed by atoms with Gasteiger partial charge in [0.1, 0.15) is 5.82 Å². The standard InChI is InChI=1S/C9H9FO2.Na/c10-8-4-1-7(2-5-8)3-6-9(11)12;/h1-2,4-5H,3,6H2,(H,11,12);/q;+1/p-1. The molecule has 0 aliphatic carbocycles. The quantitative estimate of drug-likeness (QED) is 0.495. The molecular weight excluding hydrogens is 182 g/mol. The number of hydrogen-bond donors (Lipinski definition) is 0. The van der Waals surface area contributed by atoms with E-state index in [9.17, 15) is 14.3 Å². The molecule has 0 saturated carbocycles. The summed E-state index contributed by atoms with van der Waals surface area (Å²) in [4.78, 5) is 10.1. The van der Waals surface area contributed by atoms with Crippen LogP contribution in [0.15, 0.2) is 24.3 Å². The summed E-state index contributed by atoms with van der Waals surface area (Å²) in [6, 6.07) is 5.76. The van der Waals surface area contributed by atoms with Crippen molar-refractivity contribution in [2.45, 2.75) is 12.8 Å². The summed E-state index contributed by atoms with van der Waals surface area (Å²) in [5.74, 6) is -1.40. The first-order chi connectivity index (χ1) is 5.68. The Balaban J connectivity index is 0.00000144. The van der Waals surface area contributed by atoms with E-state index >= 15 is 0 Å². The Morgan fingerprint density at radius 3 is 2.31 bits per heavy atom. The minimum atomic E-state index is -1.08. The van der Waals surface area contributed by atoms with Crippen molar-refractivity contribution < 1.29 is 43.8 Å². The van der Waals surface area contributed by atoms with E-state index in [1.807, 2.05) is 0 Å². The second kappa shape index (κ2) is 6.13. The molecule has 1 rings (SSSR count). The summed E-state index contributed by atoms with van der Waals surface area (Å²) >= 11 is 0. The third-order valence-electron chi connectivity index (χ3n) is 1.53. The van der Waals surface area contributed by atoms with Gasteiger partial charge >= 0.3 is 29.6 Å². The number of rotatable bonds is 3. The molecule has 4 heteroatoms. The van der Waals surface area contributed by atoms with Crippen LogP contribution in [0.1, 0.15) is 12.0 Å². The molecule has 0 saturated heterocycles. The molecule has 0 amide bonds. The Labute approximate surface area is 98.1 Å². The molecule has 0 bridgehead atoms. The van der Waals surface area contributed by atoms with Gasteiger partial charge in [-0.25, -0.2) is 4.39 Å². The number of halogens is 1. The van der Waals surface area contributed by atoms with Gasteiger partial charge in [-0.3, -0.25) is 0 Å². The topological polar surface area (TPSA) is 40.1 Å². The normalized spacial score (nSPS) is 9.00. The van der Waals surface area contributed by atoms with Crippen molar-refractivity contribution in [2.75, 3.05) is 0 Å². The molecular formula is C9H8FNaO2. The number of aliphatic carboxylic acids is 1. The maximum absolute atomic E-state index is 12.4. The molecule has 0 aromatic heterocycles. The molecule has 0 radical (unpaired) electrons. The van der Waals surface area contributed by atoms with Crippen LogP contribution in [-0.4, -0.2) is 5.97 Å². The fraction of sp³-hybridized carbons (Fsp3) is 0.222. The van der Waals surface area contributed by atoms with Crippen molar-refractivity contribution in [3.8, 4) is 0 Å². The molecule has 1 aromatic carbocycles. The molecule has 0 atom stereocenters. The van der Waals surface area contributed by atoms with Crippen LogP contribution in [0.5, 0.6) is 0 Å². The van der Waals surface area contributed by atoms with E-state index in [-0.39, 0.29) is 41.8 Å². The second-order valence-electron chi connectivity index (χ2n) is 2.50. The van der Waals surface area contributed by atoms with Crippen LogP contribution in [0.3, 0.4) is 0 Å². The zero-order chi connectivity index (χ0) is 8.97. The van der Waals surface area contributed by atoms with Crippen LogP contribution in [0.2, 0.25) is 0 Å². The molecule has 0 aliphatic rings. The molecule has 0 unspecified atom stereocenters. The molecule has 64 valence electrons. The number of carboxylic acid groups (broad SMARTS) is 1. The van der Waals surface area contributed by atoms with Crippen LogP contribution in [0.4, 0.5) is 4.39 Å². The number of carbonyl (C=O) groups excluding carboxylic acids is 1. The number of carbonyl (C=O) groups is 1. The Kier molecular flexibility index (Phi) is 5.95. The molecule has 13 heavy (non-hydrogen) atoms. The second-order valence-corrected chi connectivity index (χ2v) is 2.50. The zero-order valence-corrected chi connectivity index (χ0v) is 9.42. The van der Waals surface area contributed by atoms with Gasteiger partial charge in [-0.05, 0) is 30.5 Å². The van der Waals surface area contributed by atoms with Gasteiger partial charge in [0, 0.05) is 5.97 Å². The van der Waals surface area contributed by atoms with Gasteiger partial charge in [-0.15, -0.1) is 0 Å². The van der Waals surface area contributed by atoms with Crippen molar-refractivity contribution in [3.05, 3.63) is 35.6 Å². The largest absolute Gasteiger partial charge is 1.00 e. The fourth-order valence-corrected chi connectivity index (χ4v) is 0.897. The number of hydrogen-bond acceptors (Lipinski definition) is 2. The Morgan fingerprint density at radius 2 is 1.85 bits per heavy atom. The minimum absolute atomic E-state index is 0. The molecule has 0 aliphatic heterocycles. The molecule has 0 N–H and O–H groups in total. The van der Waals surface area contributed by atoms with Gasteiger partial charge in [0.25, 0.3) is 0 Å². The average Bonchev–Trinajstić information content (AvgIpc) is 2.03. The Hall–Kier alpha value is -0.380. The smallest absolute Gasteiger partial charge is 0.550 e. The molecule has 0 spiro atoms. The van der Waals surface area contributed by atoms with Gasteiger partial charge in [0.05, 0.1) is 0 Å². The molecule has 0 heterocycles. The minimum Gasteiger partial charge on any atom is -0.550 e. The van der Waals surface area contributed by atoms with Crippen LogP contribution in [0.25, 0.3) is 0 Å². The van der Waals surface area contributed by atoms with Crippen LogP contribution >= 0.6 is 0 Å². The summed E-state index contributed by atoms with van der Waals surface area (Å²) < 4.78 is 12.4.